The predicted octanol–water partition coefficient (Wildman–Crippen LogP) is 9.49. The van der Waals surface area contributed by atoms with Crippen LogP contribution in [0.25, 0.3) is 0 Å². The Bertz CT molecular complexity index is 966. The van der Waals surface area contributed by atoms with Gasteiger partial charge in [-0.05, 0) is 135 Å². The Morgan fingerprint density at radius 2 is 0.632 bits per heavy atom. The van der Waals surface area contributed by atoms with Gasteiger partial charge in [0.25, 0.3) is 0 Å². The highest BCUT2D eigenvalue weighted by atomic mass is 32.2. The summed E-state index contributed by atoms with van der Waals surface area (Å²) < 4.78 is 47.1. The van der Waals surface area contributed by atoms with Gasteiger partial charge in [0.15, 0.2) is 14.7 Å². The Labute approximate surface area is 228 Å². The van der Waals surface area contributed by atoms with Crippen molar-refractivity contribution in [2.75, 3.05) is 0 Å². The van der Waals surface area contributed by atoms with Crippen molar-refractivity contribution >= 4 is 10.9 Å². The molecule has 0 aliphatic carbocycles. The summed E-state index contributed by atoms with van der Waals surface area (Å²) in [5.74, 6) is 2.63. The highest BCUT2D eigenvalue weighted by Crippen LogP contribution is 2.35. The molecule has 0 amide bonds. The first-order valence-corrected chi connectivity index (χ1v) is 13.7. The zero-order valence-electron chi connectivity index (χ0n) is 23.8. The van der Waals surface area contributed by atoms with Gasteiger partial charge in [-0.2, -0.15) is 13.2 Å². The molecule has 0 N–H and O–H groups in total. The molecule has 0 radical (unpaired) electrons. The first-order chi connectivity index (χ1) is 17.4. The van der Waals surface area contributed by atoms with Crippen LogP contribution in [-0.2, 0) is 10.9 Å². The van der Waals surface area contributed by atoms with Gasteiger partial charge in [-0.1, -0.05) is 0 Å². The van der Waals surface area contributed by atoms with Gasteiger partial charge in [0, 0.05) is 0 Å². The number of alkyl halides is 3. The lowest BCUT2D eigenvalue weighted by molar-refractivity contribution is 0.00818. The predicted molar refractivity (Wildman–Crippen MR) is 150 cm³/mol. The molecule has 0 saturated heterocycles. The second-order valence-electron chi connectivity index (χ2n) is 11.6. The molecular weight excluding hydrogens is 509 g/mol. The summed E-state index contributed by atoms with van der Waals surface area (Å²) in [7, 11) is -0.276. The van der Waals surface area contributed by atoms with Crippen LogP contribution < -0.4 is 14.2 Å². The Kier molecular flexibility index (Phi) is 10.6. The van der Waals surface area contributed by atoms with Gasteiger partial charge < -0.3 is 14.2 Å². The molecule has 0 spiro atoms. The number of hydrogen-bond acceptors (Lipinski definition) is 3. The maximum Gasteiger partial charge on any atom is 0.379 e. The Balaban J connectivity index is 0.00000118. The topological polar surface area (TPSA) is 27.7 Å². The van der Waals surface area contributed by atoms with Crippen molar-refractivity contribution in [3.05, 3.63) is 72.8 Å². The standard InChI is InChI=1S/C30H39O3S.CHF3/c1-28(2,3)31-22-10-16-25(17-11-22)34(26-18-12-23(13-19-26)32-29(4,5)6)27-20-14-24(15-21-27)33-30(7,8)9;2-1(3)4/h10-21H,1-9H3;1H/q+1;. The van der Waals surface area contributed by atoms with E-state index >= 15 is 0 Å². The van der Waals surface area contributed by atoms with Crippen molar-refractivity contribution in [2.45, 2.75) is 100 Å². The van der Waals surface area contributed by atoms with Gasteiger partial charge in [-0.15, -0.1) is 0 Å². The Morgan fingerprint density at radius 3 is 0.789 bits per heavy atom. The zero-order valence-corrected chi connectivity index (χ0v) is 24.6. The van der Waals surface area contributed by atoms with Crippen molar-refractivity contribution in [1.82, 2.24) is 0 Å². The first-order valence-electron chi connectivity index (χ1n) is 12.5. The lowest BCUT2D eigenvalue weighted by Crippen LogP contribution is -2.23. The van der Waals surface area contributed by atoms with Crippen LogP contribution in [0.15, 0.2) is 87.5 Å². The molecule has 0 atom stereocenters. The fourth-order valence-corrected chi connectivity index (χ4v) is 5.44. The molecule has 7 heteroatoms. The van der Waals surface area contributed by atoms with Gasteiger partial charge in [-0.25, -0.2) is 0 Å². The molecule has 0 unspecified atom stereocenters. The number of hydrogen-bond donors (Lipinski definition) is 0. The molecule has 0 bridgehead atoms. The second-order valence-corrected chi connectivity index (χ2v) is 13.6. The van der Waals surface area contributed by atoms with Crippen molar-refractivity contribution in [1.29, 1.82) is 0 Å². The lowest BCUT2D eigenvalue weighted by Gasteiger charge is -2.22. The van der Waals surface area contributed by atoms with E-state index in [2.05, 4.69) is 135 Å². The molecule has 208 valence electrons. The molecule has 0 aliphatic rings. The summed E-state index contributed by atoms with van der Waals surface area (Å²) in [6.07, 6.45) is 0. The molecule has 0 saturated carbocycles. The van der Waals surface area contributed by atoms with Gasteiger partial charge in [0.1, 0.15) is 34.1 Å². The van der Waals surface area contributed by atoms with Crippen LogP contribution in [0.1, 0.15) is 62.3 Å². The zero-order chi connectivity index (χ0) is 28.7. The second kappa shape index (κ2) is 12.8. The molecule has 3 nitrogen and oxygen atoms in total. The smallest absolute Gasteiger partial charge is 0.379 e. The summed E-state index contributed by atoms with van der Waals surface area (Å²) in [4.78, 5) is 3.70. The third-order valence-electron chi connectivity index (χ3n) is 4.45. The van der Waals surface area contributed by atoms with Crippen LogP contribution in [0.5, 0.6) is 17.2 Å². The fourth-order valence-electron chi connectivity index (χ4n) is 3.40. The van der Waals surface area contributed by atoms with E-state index < -0.39 is 6.68 Å². The van der Waals surface area contributed by atoms with E-state index in [4.69, 9.17) is 14.2 Å². The van der Waals surface area contributed by atoms with E-state index in [1.165, 1.54) is 14.7 Å². The lowest BCUT2D eigenvalue weighted by atomic mass is 10.2. The fraction of sp³-hybridized carbons (Fsp3) is 0.419. The van der Waals surface area contributed by atoms with E-state index in [0.29, 0.717) is 0 Å². The van der Waals surface area contributed by atoms with Crippen LogP contribution in [0, 0.1) is 0 Å². The highest BCUT2D eigenvalue weighted by molar-refractivity contribution is 7.97. The number of halogens is 3. The third-order valence-corrected chi connectivity index (χ3v) is 6.68. The summed E-state index contributed by atoms with van der Waals surface area (Å²) in [6, 6.07) is 25.4. The minimum absolute atomic E-state index is 0.227. The van der Waals surface area contributed by atoms with Gasteiger partial charge in [0.2, 0.25) is 0 Å². The molecule has 0 fully saturated rings. The number of rotatable bonds is 6. The molecule has 3 aromatic rings. The summed E-state index contributed by atoms with van der Waals surface area (Å²) in [5.41, 5.74) is -0.682. The Morgan fingerprint density at radius 1 is 0.447 bits per heavy atom. The van der Waals surface area contributed by atoms with Crippen LogP contribution in [-0.4, -0.2) is 23.5 Å². The molecule has 0 aromatic heterocycles. The summed E-state index contributed by atoms with van der Waals surface area (Å²) in [5, 5.41) is 0. The number of benzene rings is 3. The van der Waals surface area contributed by atoms with Gasteiger partial charge >= 0.3 is 6.68 Å². The average molecular weight is 550 g/mol. The molecule has 38 heavy (non-hydrogen) atoms. The largest absolute Gasteiger partial charge is 0.488 e. The van der Waals surface area contributed by atoms with Gasteiger partial charge in [-0.3, -0.25) is 0 Å². The van der Waals surface area contributed by atoms with Crippen LogP contribution >= 0.6 is 0 Å². The van der Waals surface area contributed by atoms with Crippen LogP contribution in [0.2, 0.25) is 0 Å². The minimum Gasteiger partial charge on any atom is -0.488 e. The molecule has 3 rings (SSSR count). The van der Waals surface area contributed by atoms with E-state index in [-0.39, 0.29) is 27.7 Å². The highest BCUT2D eigenvalue weighted by Gasteiger charge is 2.29. The maximum absolute atomic E-state index is 9.67. The van der Waals surface area contributed by atoms with Crippen molar-refractivity contribution in [3.8, 4) is 17.2 Å². The van der Waals surface area contributed by atoms with Crippen molar-refractivity contribution in [2.24, 2.45) is 0 Å². The Hall–Kier alpha value is -2.80. The van der Waals surface area contributed by atoms with E-state index in [1.807, 2.05) is 0 Å². The molecular formula is C31H40F3O3S+. The third kappa shape index (κ3) is 11.7. The van der Waals surface area contributed by atoms with Crippen molar-refractivity contribution < 1.29 is 27.4 Å². The summed E-state index contributed by atoms with van der Waals surface area (Å²) >= 11 is 0. The number of ether oxygens (including phenoxy) is 3. The summed E-state index contributed by atoms with van der Waals surface area (Å²) in [6.45, 7) is 14.9. The van der Waals surface area contributed by atoms with E-state index in [1.54, 1.807) is 0 Å². The van der Waals surface area contributed by atoms with Crippen LogP contribution in [0.4, 0.5) is 13.2 Å². The first kappa shape index (κ1) is 31.4. The van der Waals surface area contributed by atoms with Gasteiger partial charge in [0.05, 0.1) is 10.9 Å². The SMILES string of the molecule is CC(C)(C)Oc1ccc([S+](c2ccc(OC(C)(C)C)cc2)c2ccc(OC(C)(C)C)cc2)cc1.FC(F)F. The van der Waals surface area contributed by atoms with E-state index in [0.717, 1.165) is 17.2 Å². The molecule has 0 heterocycles. The van der Waals surface area contributed by atoms with Crippen LogP contribution in [0.3, 0.4) is 0 Å². The normalized spacial score (nSPS) is 12.2. The molecule has 3 aromatic carbocycles. The quantitative estimate of drug-likeness (QED) is 0.287. The monoisotopic (exact) mass is 549 g/mol. The van der Waals surface area contributed by atoms with Crippen molar-refractivity contribution in [3.63, 3.8) is 0 Å². The van der Waals surface area contributed by atoms with E-state index in [9.17, 15) is 13.2 Å². The average Bonchev–Trinajstić information content (AvgIpc) is 2.74. The minimum atomic E-state index is -3.67. The maximum atomic E-state index is 9.67. The molecule has 0 aliphatic heterocycles.